The van der Waals surface area contributed by atoms with E-state index in [9.17, 15) is 14.7 Å². The van der Waals surface area contributed by atoms with E-state index in [1.54, 1.807) is 6.92 Å². The Morgan fingerprint density at radius 2 is 2.10 bits per heavy atom. The van der Waals surface area contributed by atoms with Gasteiger partial charge in [0.25, 0.3) is 0 Å². The third-order valence-electron chi connectivity index (χ3n) is 2.43. The highest BCUT2D eigenvalue weighted by atomic mass is 32.2. The van der Waals surface area contributed by atoms with Gasteiger partial charge in [0.1, 0.15) is 15.6 Å². The van der Waals surface area contributed by atoms with E-state index in [-0.39, 0.29) is 10.6 Å². The van der Waals surface area contributed by atoms with Crippen LogP contribution < -0.4 is 10.6 Å². The molecular formula is C12H19N3O3S2. The van der Waals surface area contributed by atoms with E-state index < -0.39 is 12.0 Å². The van der Waals surface area contributed by atoms with E-state index >= 15 is 0 Å². The van der Waals surface area contributed by atoms with Crippen LogP contribution in [0, 0.1) is 0 Å². The zero-order chi connectivity index (χ0) is 15.0. The number of urea groups is 1. The lowest BCUT2D eigenvalue weighted by Gasteiger charge is -2.04. The molecule has 0 bridgehead atoms. The second kappa shape index (κ2) is 8.80. The zero-order valence-electron chi connectivity index (χ0n) is 11.6. The molecule has 3 N–H and O–H groups in total. The molecule has 0 aliphatic carbocycles. The van der Waals surface area contributed by atoms with Crippen molar-refractivity contribution in [1.82, 2.24) is 9.69 Å². The largest absolute Gasteiger partial charge is 0.477 e. The van der Waals surface area contributed by atoms with Crippen molar-refractivity contribution in [2.24, 2.45) is 0 Å². The quantitative estimate of drug-likeness (QED) is 0.505. The lowest BCUT2D eigenvalue weighted by molar-refractivity contribution is 0.0694. The Morgan fingerprint density at radius 3 is 2.70 bits per heavy atom. The van der Waals surface area contributed by atoms with E-state index in [4.69, 9.17) is 0 Å². The Kier molecular flexibility index (Phi) is 7.38. The van der Waals surface area contributed by atoms with Gasteiger partial charge in [-0.3, -0.25) is 5.32 Å². The summed E-state index contributed by atoms with van der Waals surface area (Å²) in [5.74, 6) is -0.234. The molecule has 1 aromatic rings. The molecule has 20 heavy (non-hydrogen) atoms. The lowest BCUT2D eigenvalue weighted by Crippen LogP contribution is -2.28. The van der Waals surface area contributed by atoms with Gasteiger partial charge in [-0.1, -0.05) is 19.8 Å². The van der Waals surface area contributed by atoms with Gasteiger partial charge in [0.05, 0.1) is 0 Å². The summed E-state index contributed by atoms with van der Waals surface area (Å²) in [6, 6.07) is -0.416. The monoisotopic (exact) mass is 317 g/mol. The third kappa shape index (κ3) is 5.01. The van der Waals surface area contributed by atoms with Crippen LogP contribution in [0.1, 0.15) is 43.5 Å². The summed E-state index contributed by atoms with van der Waals surface area (Å²) in [5, 5.41) is 15.1. The van der Waals surface area contributed by atoms with Gasteiger partial charge in [-0.25, -0.2) is 9.59 Å². The van der Waals surface area contributed by atoms with E-state index in [0.717, 1.165) is 36.5 Å². The number of hydrogen-bond acceptors (Lipinski definition) is 5. The van der Waals surface area contributed by atoms with Crippen molar-refractivity contribution in [2.45, 2.75) is 38.1 Å². The van der Waals surface area contributed by atoms with Crippen LogP contribution in [0.5, 0.6) is 0 Å². The summed E-state index contributed by atoms with van der Waals surface area (Å²) in [4.78, 5) is 22.8. The Morgan fingerprint density at radius 1 is 1.35 bits per heavy atom. The smallest absolute Gasteiger partial charge is 0.341 e. The normalized spacial score (nSPS) is 10.3. The Balaban J connectivity index is 2.73. The molecule has 0 aliphatic heterocycles. The van der Waals surface area contributed by atoms with Crippen LogP contribution in [0.2, 0.25) is 0 Å². The topological polar surface area (TPSA) is 91.3 Å². The molecule has 1 rings (SSSR count). The van der Waals surface area contributed by atoms with Crippen molar-refractivity contribution in [3.05, 3.63) is 5.56 Å². The summed E-state index contributed by atoms with van der Waals surface area (Å²) < 4.78 is 4.13. The predicted octanol–water partition coefficient (Wildman–Crippen LogP) is 3.27. The molecule has 0 saturated carbocycles. The van der Waals surface area contributed by atoms with Gasteiger partial charge >= 0.3 is 12.0 Å². The maximum atomic E-state index is 11.5. The van der Waals surface area contributed by atoms with Gasteiger partial charge in [-0.05, 0) is 30.6 Å². The summed E-state index contributed by atoms with van der Waals surface area (Å²) in [6.45, 7) is 4.38. The highest BCUT2D eigenvalue weighted by Crippen LogP contribution is 2.32. The van der Waals surface area contributed by atoms with Crippen LogP contribution in [0.15, 0.2) is 5.03 Å². The van der Waals surface area contributed by atoms with Gasteiger partial charge in [0.15, 0.2) is 0 Å². The second-order valence-corrected chi connectivity index (χ2v) is 5.89. The number of amides is 2. The van der Waals surface area contributed by atoms with Crippen LogP contribution in [-0.4, -0.2) is 33.8 Å². The van der Waals surface area contributed by atoms with E-state index in [2.05, 4.69) is 21.9 Å². The van der Waals surface area contributed by atoms with Gasteiger partial charge in [0.2, 0.25) is 0 Å². The van der Waals surface area contributed by atoms with Crippen LogP contribution >= 0.6 is 23.3 Å². The lowest BCUT2D eigenvalue weighted by atomic mass is 10.3. The minimum absolute atomic E-state index is 0.0859. The number of aromatic carboxylic acids is 1. The van der Waals surface area contributed by atoms with E-state index in [1.807, 2.05) is 0 Å². The molecule has 1 aromatic heterocycles. The van der Waals surface area contributed by atoms with Crippen molar-refractivity contribution < 1.29 is 14.7 Å². The number of unbranched alkanes of at least 4 members (excludes halogenated alkanes) is 2. The molecule has 0 aromatic carbocycles. The number of thioether (sulfide) groups is 1. The SMILES string of the molecule is CCCCCSc1nsc(NC(=O)NCC)c1C(=O)O. The molecule has 0 radical (unpaired) electrons. The highest BCUT2D eigenvalue weighted by Gasteiger charge is 2.21. The molecule has 0 aliphatic rings. The number of carboxylic acid groups (broad SMARTS) is 1. The minimum atomic E-state index is -1.07. The summed E-state index contributed by atoms with van der Waals surface area (Å²) in [6.07, 6.45) is 3.26. The fourth-order valence-corrected chi connectivity index (χ4v) is 3.42. The Bertz CT molecular complexity index is 463. The number of carbonyl (C=O) groups excluding carboxylic acids is 1. The first-order valence-electron chi connectivity index (χ1n) is 6.50. The summed E-state index contributed by atoms with van der Waals surface area (Å²) >= 11 is 2.42. The zero-order valence-corrected chi connectivity index (χ0v) is 13.2. The number of rotatable bonds is 8. The first-order valence-corrected chi connectivity index (χ1v) is 8.26. The maximum absolute atomic E-state index is 11.5. The van der Waals surface area contributed by atoms with Gasteiger partial charge in [0, 0.05) is 6.54 Å². The molecule has 2 amide bonds. The molecule has 0 spiro atoms. The summed E-state index contributed by atoms with van der Waals surface area (Å²) in [5.41, 5.74) is 0.0859. The minimum Gasteiger partial charge on any atom is -0.477 e. The van der Waals surface area contributed by atoms with Gasteiger partial charge < -0.3 is 10.4 Å². The van der Waals surface area contributed by atoms with Crippen LogP contribution in [-0.2, 0) is 0 Å². The number of anilines is 1. The van der Waals surface area contributed by atoms with Crippen molar-refractivity contribution in [3.8, 4) is 0 Å². The van der Waals surface area contributed by atoms with Crippen molar-refractivity contribution in [1.29, 1.82) is 0 Å². The average molecular weight is 317 g/mol. The molecule has 0 atom stereocenters. The van der Waals surface area contributed by atoms with Crippen LogP contribution in [0.4, 0.5) is 9.80 Å². The first-order chi connectivity index (χ1) is 9.60. The highest BCUT2D eigenvalue weighted by molar-refractivity contribution is 7.99. The van der Waals surface area contributed by atoms with Crippen LogP contribution in [0.3, 0.4) is 0 Å². The first kappa shape index (κ1) is 16.8. The number of nitrogens with zero attached hydrogens (tertiary/aromatic N) is 1. The molecular weight excluding hydrogens is 298 g/mol. The molecule has 0 unspecified atom stereocenters. The predicted molar refractivity (Wildman–Crippen MR) is 82.0 cm³/mol. The molecule has 1 heterocycles. The summed E-state index contributed by atoms with van der Waals surface area (Å²) in [7, 11) is 0. The Hall–Kier alpha value is -1.28. The van der Waals surface area contributed by atoms with Crippen LogP contribution in [0.25, 0.3) is 0 Å². The molecule has 112 valence electrons. The molecule has 6 nitrogen and oxygen atoms in total. The van der Waals surface area contributed by atoms with E-state index in [1.165, 1.54) is 11.8 Å². The van der Waals surface area contributed by atoms with Crippen molar-refractivity contribution >= 4 is 40.3 Å². The number of carbonyl (C=O) groups is 2. The van der Waals surface area contributed by atoms with Crippen molar-refractivity contribution in [3.63, 3.8) is 0 Å². The Labute approximate surface area is 126 Å². The van der Waals surface area contributed by atoms with Gasteiger partial charge in [-0.15, -0.1) is 11.8 Å². The van der Waals surface area contributed by atoms with E-state index in [0.29, 0.717) is 11.6 Å². The molecule has 8 heteroatoms. The second-order valence-electron chi connectivity index (χ2n) is 4.04. The number of carboxylic acids is 1. The standard InChI is InChI=1S/C12H19N3O3S2/c1-3-5-6-7-19-10-8(11(16)17)9(20-15-10)14-12(18)13-4-2/h3-7H2,1-2H3,(H,16,17)(H2,13,14,18). The third-order valence-corrected chi connectivity index (χ3v) is 4.37. The average Bonchev–Trinajstić information content (AvgIpc) is 2.78. The molecule has 0 fully saturated rings. The fourth-order valence-electron chi connectivity index (χ4n) is 1.48. The maximum Gasteiger partial charge on any atom is 0.341 e. The fraction of sp³-hybridized carbons (Fsp3) is 0.583. The number of aromatic nitrogens is 1. The number of nitrogens with one attached hydrogen (secondary N) is 2. The van der Waals surface area contributed by atoms with Gasteiger partial charge in [-0.2, -0.15) is 4.37 Å². The molecule has 0 saturated heterocycles. The number of hydrogen-bond donors (Lipinski definition) is 3. The van der Waals surface area contributed by atoms with Crippen molar-refractivity contribution in [2.75, 3.05) is 17.6 Å².